The molecule has 1 aromatic carbocycles. The van der Waals surface area contributed by atoms with Crippen molar-refractivity contribution in [3.63, 3.8) is 0 Å². The predicted octanol–water partition coefficient (Wildman–Crippen LogP) is 2.35. The molecule has 1 fully saturated rings. The lowest BCUT2D eigenvalue weighted by molar-refractivity contribution is -0.147. The van der Waals surface area contributed by atoms with Gasteiger partial charge in [0.15, 0.2) is 0 Å². The number of ether oxygens (including phenoxy) is 2. The van der Waals surface area contributed by atoms with E-state index in [4.69, 9.17) is 9.47 Å². The standard InChI is InChI=1S/C14H18O4/c1-17-9-10-11(5-3-6-12(10)18-2)14(13(15)16)7-4-8-14/h3,5-6H,4,7-9H2,1-2H3,(H,15,16). The summed E-state index contributed by atoms with van der Waals surface area (Å²) in [6.07, 6.45) is 2.33. The first-order valence-electron chi connectivity index (χ1n) is 6.04. The summed E-state index contributed by atoms with van der Waals surface area (Å²) in [4.78, 5) is 11.6. The molecule has 0 bridgehead atoms. The number of carboxylic acids is 1. The lowest BCUT2D eigenvalue weighted by atomic mass is 9.63. The summed E-state index contributed by atoms with van der Waals surface area (Å²) >= 11 is 0. The van der Waals surface area contributed by atoms with Gasteiger partial charge in [-0.15, -0.1) is 0 Å². The SMILES string of the molecule is COCc1c(OC)cccc1C1(C(=O)O)CCC1. The van der Waals surface area contributed by atoms with E-state index in [1.54, 1.807) is 14.2 Å². The molecule has 4 nitrogen and oxygen atoms in total. The Kier molecular flexibility index (Phi) is 3.57. The third kappa shape index (κ3) is 1.86. The molecule has 2 rings (SSSR count). The minimum absolute atomic E-state index is 0.369. The van der Waals surface area contributed by atoms with Crippen LogP contribution in [0.5, 0.6) is 5.75 Å². The largest absolute Gasteiger partial charge is 0.496 e. The zero-order valence-corrected chi connectivity index (χ0v) is 10.7. The van der Waals surface area contributed by atoms with Crippen molar-refractivity contribution in [1.82, 2.24) is 0 Å². The van der Waals surface area contributed by atoms with Gasteiger partial charge < -0.3 is 14.6 Å². The molecule has 0 atom stereocenters. The van der Waals surface area contributed by atoms with Gasteiger partial charge in [0.2, 0.25) is 0 Å². The highest BCUT2D eigenvalue weighted by atomic mass is 16.5. The smallest absolute Gasteiger partial charge is 0.314 e. The number of rotatable bonds is 5. The maximum absolute atomic E-state index is 11.6. The Labute approximate surface area is 107 Å². The molecule has 0 unspecified atom stereocenters. The average molecular weight is 250 g/mol. The van der Waals surface area contributed by atoms with Gasteiger partial charge in [0.05, 0.1) is 19.1 Å². The summed E-state index contributed by atoms with van der Waals surface area (Å²) in [5.74, 6) is -0.0544. The van der Waals surface area contributed by atoms with Crippen molar-refractivity contribution >= 4 is 5.97 Å². The molecule has 0 saturated heterocycles. The summed E-state index contributed by atoms with van der Waals surface area (Å²) in [6, 6.07) is 5.56. The average Bonchev–Trinajstić information content (AvgIpc) is 2.29. The second-order valence-electron chi connectivity index (χ2n) is 4.66. The number of aliphatic carboxylic acids is 1. The van der Waals surface area contributed by atoms with E-state index < -0.39 is 11.4 Å². The molecule has 1 aromatic rings. The number of hydrogen-bond donors (Lipinski definition) is 1. The molecular weight excluding hydrogens is 232 g/mol. The maximum Gasteiger partial charge on any atom is 0.314 e. The number of methoxy groups -OCH3 is 2. The number of carboxylic acid groups (broad SMARTS) is 1. The fraction of sp³-hybridized carbons (Fsp3) is 0.500. The molecule has 0 amide bonds. The highest BCUT2D eigenvalue weighted by molar-refractivity contribution is 5.83. The minimum atomic E-state index is -0.751. The van der Waals surface area contributed by atoms with E-state index in [0.29, 0.717) is 25.2 Å². The zero-order chi connectivity index (χ0) is 13.2. The van der Waals surface area contributed by atoms with Crippen LogP contribution in [0.15, 0.2) is 18.2 Å². The van der Waals surface area contributed by atoms with Crippen LogP contribution in [-0.2, 0) is 21.6 Å². The molecule has 98 valence electrons. The van der Waals surface area contributed by atoms with Crippen molar-refractivity contribution in [2.75, 3.05) is 14.2 Å². The third-order valence-corrected chi connectivity index (χ3v) is 3.77. The van der Waals surface area contributed by atoms with E-state index >= 15 is 0 Å². The van der Waals surface area contributed by atoms with Gasteiger partial charge in [0, 0.05) is 12.7 Å². The second-order valence-corrected chi connectivity index (χ2v) is 4.66. The van der Waals surface area contributed by atoms with E-state index in [0.717, 1.165) is 17.5 Å². The fourth-order valence-electron chi connectivity index (χ4n) is 2.63. The Morgan fingerprint density at radius 2 is 2.11 bits per heavy atom. The van der Waals surface area contributed by atoms with Crippen molar-refractivity contribution in [2.24, 2.45) is 0 Å². The van der Waals surface area contributed by atoms with E-state index in [1.165, 1.54) is 0 Å². The molecule has 1 saturated carbocycles. The van der Waals surface area contributed by atoms with E-state index in [-0.39, 0.29) is 0 Å². The molecule has 18 heavy (non-hydrogen) atoms. The monoisotopic (exact) mass is 250 g/mol. The number of carbonyl (C=O) groups is 1. The molecule has 0 radical (unpaired) electrons. The van der Waals surface area contributed by atoms with Crippen molar-refractivity contribution < 1.29 is 19.4 Å². The van der Waals surface area contributed by atoms with Crippen LogP contribution in [0.4, 0.5) is 0 Å². The molecule has 0 aromatic heterocycles. The molecule has 0 aliphatic heterocycles. The Hall–Kier alpha value is -1.55. The normalized spacial score (nSPS) is 17.0. The summed E-state index contributed by atoms with van der Waals surface area (Å²) in [5.41, 5.74) is 0.939. The molecule has 0 heterocycles. The van der Waals surface area contributed by atoms with Crippen molar-refractivity contribution in [3.05, 3.63) is 29.3 Å². The van der Waals surface area contributed by atoms with E-state index in [2.05, 4.69) is 0 Å². The van der Waals surface area contributed by atoms with Crippen LogP contribution in [0.3, 0.4) is 0 Å². The number of benzene rings is 1. The summed E-state index contributed by atoms with van der Waals surface area (Å²) in [6.45, 7) is 0.369. The molecule has 1 aliphatic carbocycles. The van der Waals surface area contributed by atoms with E-state index in [9.17, 15) is 9.90 Å². The van der Waals surface area contributed by atoms with Crippen LogP contribution >= 0.6 is 0 Å². The quantitative estimate of drug-likeness (QED) is 0.871. The van der Waals surface area contributed by atoms with Crippen LogP contribution in [0, 0.1) is 0 Å². The van der Waals surface area contributed by atoms with Gasteiger partial charge in [0.1, 0.15) is 5.75 Å². The highest BCUT2D eigenvalue weighted by Crippen LogP contribution is 2.46. The van der Waals surface area contributed by atoms with Gasteiger partial charge in [0.25, 0.3) is 0 Å². The first-order chi connectivity index (χ1) is 8.65. The first kappa shape index (κ1) is 12.9. The Morgan fingerprint density at radius 1 is 1.39 bits per heavy atom. The fourth-order valence-corrected chi connectivity index (χ4v) is 2.63. The highest BCUT2D eigenvalue weighted by Gasteiger charge is 2.47. The molecule has 4 heteroatoms. The predicted molar refractivity (Wildman–Crippen MR) is 66.9 cm³/mol. The number of hydrogen-bond acceptors (Lipinski definition) is 3. The Bertz CT molecular complexity index is 449. The second kappa shape index (κ2) is 4.98. The molecule has 0 spiro atoms. The van der Waals surface area contributed by atoms with Gasteiger partial charge >= 0.3 is 5.97 Å². The van der Waals surface area contributed by atoms with Crippen LogP contribution in [0.2, 0.25) is 0 Å². The molecular formula is C14H18O4. The van der Waals surface area contributed by atoms with Crippen LogP contribution in [0.25, 0.3) is 0 Å². The Balaban J connectivity index is 2.52. The molecule has 1 aliphatic rings. The maximum atomic E-state index is 11.6. The first-order valence-corrected chi connectivity index (χ1v) is 6.04. The van der Waals surface area contributed by atoms with Crippen molar-refractivity contribution in [3.8, 4) is 5.75 Å². The van der Waals surface area contributed by atoms with Crippen LogP contribution in [-0.4, -0.2) is 25.3 Å². The van der Waals surface area contributed by atoms with Crippen LogP contribution in [0.1, 0.15) is 30.4 Å². The molecule has 1 N–H and O–H groups in total. The van der Waals surface area contributed by atoms with Crippen molar-refractivity contribution in [1.29, 1.82) is 0 Å². The lowest BCUT2D eigenvalue weighted by Crippen LogP contribution is -2.43. The third-order valence-electron chi connectivity index (χ3n) is 3.77. The van der Waals surface area contributed by atoms with Gasteiger partial charge in [-0.25, -0.2) is 0 Å². The lowest BCUT2D eigenvalue weighted by Gasteiger charge is -2.39. The van der Waals surface area contributed by atoms with Gasteiger partial charge in [-0.3, -0.25) is 4.79 Å². The van der Waals surface area contributed by atoms with E-state index in [1.807, 2.05) is 18.2 Å². The summed E-state index contributed by atoms with van der Waals surface area (Å²) in [5, 5.41) is 9.51. The van der Waals surface area contributed by atoms with Gasteiger partial charge in [-0.05, 0) is 24.5 Å². The summed E-state index contributed by atoms with van der Waals surface area (Å²) in [7, 11) is 3.19. The topological polar surface area (TPSA) is 55.8 Å². The minimum Gasteiger partial charge on any atom is -0.496 e. The summed E-state index contributed by atoms with van der Waals surface area (Å²) < 4.78 is 10.5. The van der Waals surface area contributed by atoms with Crippen molar-refractivity contribution in [2.45, 2.75) is 31.3 Å². The Morgan fingerprint density at radius 3 is 2.56 bits per heavy atom. The van der Waals surface area contributed by atoms with Gasteiger partial charge in [-0.2, -0.15) is 0 Å². The van der Waals surface area contributed by atoms with Crippen LogP contribution < -0.4 is 4.74 Å². The van der Waals surface area contributed by atoms with Gasteiger partial charge in [-0.1, -0.05) is 18.6 Å². The zero-order valence-electron chi connectivity index (χ0n) is 10.7.